The van der Waals surface area contributed by atoms with Crippen LogP contribution in [0, 0.1) is 18.8 Å². The number of hydrogen-bond donors (Lipinski definition) is 1. The highest BCUT2D eigenvalue weighted by Gasteiger charge is 2.40. The molecule has 2 saturated carbocycles. The Morgan fingerprint density at radius 3 is 2.44 bits per heavy atom. The van der Waals surface area contributed by atoms with E-state index in [1.54, 1.807) is 0 Å². The van der Waals surface area contributed by atoms with Gasteiger partial charge in [-0.1, -0.05) is 18.2 Å². The lowest BCUT2D eigenvalue weighted by Crippen LogP contribution is -2.34. The number of rotatable bonds is 7. The van der Waals surface area contributed by atoms with Gasteiger partial charge in [0, 0.05) is 23.2 Å². The molecule has 0 spiro atoms. The molecule has 18 heavy (non-hydrogen) atoms. The van der Waals surface area contributed by atoms with Crippen molar-refractivity contribution in [2.24, 2.45) is 11.8 Å². The van der Waals surface area contributed by atoms with Gasteiger partial charge in [-0.25, -0.2) is 0 Å². The van der Waals surface area contributed by atoms with E-state index < -0.39 is 0 Å². The first-order valence-corrected chi connectivity index (χ1v) is 8.25. The topological polar surface area (TPSA) is 12.0 Å². The Kier molecular flexibility index (Phi) is 3.95. The van der Waals surface area contributed by atoms with E-state index in [0.29, 0.717) is 0 Å². The van der Waals surface area contributed by atoms with Crippen molar-refractivity contribution in [3.05, 3.63) is 29.8 Å². The van der Waals surface area contributed by atoms with Crippen LogP contribution in [0.5, 0.6) is 0 Å². The Bertz CT molecular complexity index is 384. The molecule has 1 N–H and O–H groups in total. The molecule has 0 amide bonds. The average Bonchev–Trinajstić information content (AvgIpc) is 3.25. The zero-order valence-corrected chi connectivity index (χ0v) is 12.0. The number of aryl methyl sites for hydroxylation is 1. The fourth-order valence-corrected chi connectivity index (χ4v) is 3.64. The normalized spacial score (nSPS) is 19.4. The van der Waals surface area contributed by atoms with Crippen LogP contribution in [0.2, 0.25) is 0 Å². The molecular weight excluding hydrogens is 238 g/mol. The van der Waals surface area contributed by atoms with Crippen molar-refractivity contribution in [1.82, 2.24) is 5.32 Å². The number of hydrogen-bond acceptors (Lipinski definition) is 2. The van der Waals surface area contributed by atoms with Gasteiger partial charge >= 0.3 is 0 Å². The lowest BCUT2D eigenvalue weighted by Gasteiger charge is -2.17. The van der Waals surface area contributed by atoms with Crippen molar-refractivity contribution in [2.45, 2.75) is 43.5 Å². The molecule has 0 radical (unpaired) electrons. The summed E-state index contributed by atoms with van der Waals surface area (Å²) in [5.41, 5.74) is 1.41. The Labute approximate surface area is 115 Å². The molecule has 0 heterocycles. The van der Waals surface area contributed by atoms with Crippen molar-refractivity contribution < 1.29 is 0 Å². The van der Waals surface area contributed by atoms with E-state index in [9.17, 15) is 0 Å². The summed E-state index contributed by atoms with van der Waals surface area (Å²) >= 11 is 1.99. The molecule has 0 aliphatic heterocycles. The van der Waals surface area contributed by atoms with Crippen molar-refractivity contribution >= 4 is 11.8 Å². The standard InChI is InChI=1S/C16H23NS/c1-12-4-2-3-5-15(12)18-11-10-17-16(13-6-7-13)14-8-9-14/h2-5,13-14,16-17H,6-11H2,1H3. The largest absolute Gasteiger partial charge is 0.313 e. The quantitative estimate of drug-likeness (QED) is 0.591. The van der Waals surface area contributed by atoms with Gasteiger partial charge in [-0.05, 0) is 56.1 Å². The molecule has 0 saturated heterocycles. The third-order valence-electron chi connectivity index (χ3n) is 4.09. The molecule has 1 aromatic rings. The summed E-state index contributed by atoms with van der Waals surface area (Å²) in [5.74, 6) is 3.22. The minimum Gasteiger partial charge on any atom is -0.313 e. The molecular formula is C16H23NS. The van der Waals surface area contributed by atoms with E-state index in [-0.39, 0.29) is 0 Å². The SMILES string of the molecule is Cc1ccccc1SCCNC(C1CC1)C1CC1. The van der Waals surface area contributed by atoms with Crippen LogP contribution in [-0.4, -0.2) is 18.3 Å². The monoisotopic (exact) mass is 261 g/mol. The van der Waals surface area contributed by atoms with Gasteiger partial charge in [0.2, 0.25) is 0 Å². The van der Waals surface area contributed by atoms with Gasteiger partial charge in [0.1, 0.15) is 0 Å². The predicted octanol–water partition coefficient (Wildman–Crippen LogP) is 3.87. The third kappa shape index (κ3) is 3.30. The predicted molar refractivity (Wildman–Crippen MR) is 79.1 cm³/mol. The molecule has 2 aliphatic carbocycles. The molecule has 0 bridgehead atoms. The van der Waals surface area contributed by atoms with Gasteiger partial charge in [-0.2, -0.15) is 0 Å². The first-order valence-electron chi connectivity index (χ1n) is 7.26. The van der Waals surface area contributed by atoms with Crippen LogP contribution in [-0.2, 0) is 0 Å². The summed E-state index contributed by atoms with van der Waals surface area (Å²) in [6.45, 7) is 3.36. The second-order valence-corrected chi connectivity index (χ2v) is 6.91. The summed E-state index contributed by atoms with van der Waals surface area (Å²) in [4.78, 5) is 1.44. The second kappa shape index (κ2) is 5.66. The van der Waals surface area contributed by atoms with Crippen LogP contribution >= 0.6 is 11.8 Å². The van der Waals surface area contributed by atoms with E-state index in [2.05, 4.69) is 36.5 Å². The molecule has 2 aliphatic rings. The van der Waals surface area contributed by atoms with Crippen molar-refractivity contribution in [1.29, 1.82) is 0 Å². The van der Waals surface area contributed by atoms with Gasteiger partial charge in [0.15, 0.2) is 0 Å². The van der Waals surface area contributed by atoms with E-state index in [0.717, 1.165) is 24.4 Å². The maximum Gasteiger partial charge on any atom is 0.0124 e. The summed E-state index contributed by atoms with van der Waals surface area (Å²) in [6, 6.07) is 9.54. The molecule has 2 heteroatoms. The van der Waals surface area contributed by atoms with Crippen molar-refractivity contribution in [2.75, 3.05) is 12.3 Å². The van der Waals surface area contributed by atoms with Gasteiger partial charge in [-0.3, -0.25) is 0 Å². The smallest absolute Gasteiger partial charge is 0.0124 e. The number of thioether (sulfide) groups is 1. The van der Waals surface area contributed by atoms with Crippen molar-refractivity contribution in [3.8, 4) is 0 Å². The number of benzene rings is 1. The third-order valence-corrected chi connectivity index (χ3v) is 5.27. The first-order chi connectivity index (χ1) is 8.84. The Morgan fingerprint density at radius 1 is 1.17 bits per heavy atom. The molecule has 1 nitrogen and oxygen atoms in total. The Balaban J connectivity index is 1.40. The van der Waals surface area contributed by atoms with Crippen molar-refractivity contribution in [3.63, 3.8) is 0 Å². The molecule has 2 fully saturated rings. The average molecular weight is 261 g/mol. The fourth-order valence-electron chi connectivity index (χ4n) is 2.73. The molecule has 3 rings (SSSR count). The minimum absolute atomic E-state index is 0.850. The van der Waals surface area contributed by atoms with Crippen LogP contribution in [0.4, 0.5) is 0 Å². The van der Waals surface area contributed by atoms with Gasteiger partial charge in [-0.15, -0.1) is 11.8 Å². The fraction of sp³-hybridized carbons (Fsp3) is 0.625. The second-order valence-electron chi connectivity index (χ2n) is 5.77. The van der Waals surface area contributed by atoms with E-state index in [4.69, 9.17) is 0 Å². The van der Waals surface area contributed by atoms with E-state index in [1.807, 2.05) is 11.8 Å². The minimum atomic E-state index is 0.850. The number of nitrogens with one attached hydrogen (secondary N) is 1. The van der Waals surface area contributed by atoms with Crippen LogP contribution in [0.3, 0.4) is 0 Å². The first kappa shape index (κ1) is 12.6. The zero-order chi connectivity index (χ0) is 12.4. The van der Waals surface area contributed by atoms with E-state index >= 15 is 0 Å². The Hall–Kier alpha value is -0.470. The van der Waals surface area contributed by atoms with Gasteiger partial charge in [0.05, 0.1) is 0 Å². The summed E-state index contributed by atoms with van der Waals surface area (Å²) in [5, 5.41) is 3.81. The maximum absolute atomic E-state index is 3.81. The maximum atomic E-state index is 3.81. The molecule has 1 aromatic carbocycles. The molecule has 98 valence electrons. The van der Waals surface area contributed by atoms with Crippen LogP contribution in [0.25, 0.3) is 0 Å². The molecule has 0 atom stereocenters. The van der Waals surface area contributed by atoms with Gasteiger partial charge in [0.25, 0.3) is 0 Å². The van der Waals surface area contributed by atoms with Crippen LogP contribution in [0.1, 0.15) is 31.2 Å². The lowest BCUT2D eigenvalue weighted by molar-refractivity contribution is 0.429. The highest BCUT2D eigenvalue weighted by Crippen LogP contribution is 2.44. The highest BCUT2D eigenvalue weighted by atomic mass is 32.2. The zero-order valence-electron chi connectivity index (χ0n) is 11.2. The summed E-state index contributed by atoms with van der Waals surface area (Å²) < 4.78 is 0. The summed E-state index contributed by atoms with van der Waals surface area (Å²) in [7, 11) is 0. The van der Waals surface area contributed by atoms with Crippen LogP contribution < -0.4 is 5.32 Å². The summed E-state index contributed by atoms with van der Waals surface area (Å²) in [6.07, 6.45) is 5.89. The van der Waals surface area contributed by atoms with Gasteiger partial charge < -0.3 is 5.32 Å². The van der Waals surface area contributed by atoms with E-state index in [1.165, 1.54) is 41.9 Å². The van der Waals surface area contributed by atoms with Crippen LogP contribution in [0.15, 0.2) is 29.2 Å². The highest BCUT2D eigenvalue weighted by molar-refractivity contribution is 7.99. The molecule has 0 unspecified atom stereocenters. The molecule has 0 aromatic heterocycles. The lowest BCUT2D eigenvalue weighted by atomic mass is 10.1. The Morgan fingerprint density at radius 2 is 1.83 bits per heavy atom.